The summed E-state index contributed by atoms with van der Waals surface area (Å²) in [6.45, 7) is 0.177. The zero-order valence-corrected chi connectivity index (χ0v) is 15.9. The molecule has 0 aromatic heterocycles. The number of esters is 1. The van der Waals surface area contributed by atoms with Gasteiger partial charge in [0.1, 0.15) is 23.4 Å². The second-order valence-corrected chi connectivity index (χ2v) is 7.48. The summed E-state index contributed by atoms with van der Waals surface area (Å²) in [7, 11) is 0. The number of β-lactam (4-membered cyclic amide) rings is 1. The molecule has 0 spiro atoms. The fourth-order valence-corrected chi connectivity index (χ4v) is 4.69. The van der Waals surface area contributed by atoms with Crippen molar-refractivity contribution < 1.29 is 19.2 Å². The zero-order chi connectivity index (χ0) is 18.2. The Bertz CT molecular complexity index is 720. The molecule has 2 aliphatic heterocycles. The number of halogens is 2. The SMILES string of the molecule is Cl.NC1C(=O)N2CC(CCl)(C(=O)OCc3ccc([N+](=O)[O-])cc3)CS[C@H]12. The highest BCUT2D eigenvalue weighted by Gasteiger charge is 2.55. The van der Waals surface area contributed by atoms with Crippen molar-refractivity contribution in [3.63, 3.8) is 0 Å². The van der Waals surface area contributed by atoms with E-state index in [2.05, 4.69) is 0 Å². The number of rotatable bonds is 5. The standard InChI is InChI=1S/C15H16ClN3O5S.ClH/c16-6-15(7-18-12(20)11(17)13(18)25-8-15)14(21)24-5-9-1-3-10(4-2-9)19(22)23;/h1-4,11,13H,5-8,17H2;1H/t11?,13-,15?;/m1./s1. The van der Waals surface area contributed by atoms with Crippen LogP contribution in [-0.2, 0) is 20.9 Å². The molecule has 142 valence electrons. The summed E-state index contributed by atoms with van der Waals surface area (Å²) in [6, 6.07) is 5.24. The molecule has 11 heteroatoms. The molecular weight excluding hydrogens is 405 g/mol. The van der Waals surface area contributed by atoms with Gasteiger partial charge in [0, 0.05) is 30.3 Å². The predicted molar refractivity (Wildman–Crippen MR) is 99.2 cm³/mol. The van der Waals surface area contributed by atoms with Gasteiger partial charge < -0.3 is 15.4 Å². The normalized spacial score (nSPS) is 27.0. The number of nitro groups is 1. The van der Waals surface area contributed by atoms with Crippen molar-refractivity contribution >= 4 is 53.3 Å². The Morgan fingerprint density at radius 1 is 1.46 bits per heavy atom. The fraction of sp³-hybridized carbons (Fsp3) is 0.467. The van der Waals surface area contributed by atoms with Gasteiger partial charge in [-0.05, 0) is 17.7 Å². The van der Waals surface area contributed by atoms with Gasteiger partial charge >= 0.3 is 5.97 Å². The van der Waals surface area contributed by atoms with Crippen molar-refractivity contribution in [2.75, 3.05) is 18.2 Å². The van der Waals surface area contributed by atoms with Crippen LogP contribution in [0.3, 0.4) is 0 Å². The van der Waals surface area contributed by atoms with Gasteiger partial charge in [0.25, 0.3) is 5.69 Å². The molecule has 1 aromatic rings. The predicted octanol–water partition coefficient (Wildman–Crippen LogP) is 1.53. The van der Waals surface area contributed by atoms with Gasteiger partial charge in [0.2, 0.25) is 5.91 Å². The maximum Gasteiger partial charge on any atom is 0.316 e. The second-order valence-electron chi connectivity index (χ2n) is 6.11. The lowest BCUT2D eigenvalue weighted by Gasteiger charge is -2.52. The molecule has 2 N–H and O–H groups in total. The fourth-order valence-electron chi connectivity index (χ4n) is 2.80. The first-order chi connectivity index (χ1) is 11.9. The van der Waals surface area contributed by atoms with Crippen LogP contribution in [-0.4, -0.2) is 51.3 Å². The highest BCUT2D eigenvalue weighted by Crippen LogP contribution is 2.42. The zero-order valence-electron chi connectivity index (χ0n) is 13.5. The Kier molecular flexibility index (Phi) is 6.38. The number of hydrogen-bond donors (Lipinski definition) is 1. The molecule has 1 aromatic carbocycles. The van der Waals surface area contributed by atoms with Crippen molar-refractivity contribution in [2.45, 2.75) is 18.0 Å². The van der Waals surface area contributed by atoms with Crippen LogP contribution >= 0.6 is 35.8 Å². The van der Waals surface area contributed by atoms with E-state index in [-0.39, 0.29) is 48.4 Å². The van der Waals surface area contributed by atoms with Crippen LogP contribution in [0, 0.1) is 15.5 Å². The molecule has 26 heavy (non-hydrogen) atoms. The lowest BCUT2D eigenvalue weighted by Crippen LogP contribution is -2.72. The number of non-ortho nitro benzene ring substituents is 1. The summed E-state index contributed by atoms with van der Waals surface area (Å²) in [6.07, 6.45) is 0. The summed E-state index contributed by atoms with van der Waals surface area (Å²) in [4.78, 5) is 36.1. The molecule has 3 atom stereocenters. The van der Waals surface area contributed by atoms with Crippen molar-refractivity contribution in [3.8, 4) is 0 Å². The molecule has 0 bridgehead atoms. The summed E-state index contributed by atoms with van der Waals surface area (Å²) in [5.74, 6) is -0.210. The van der Waals surface area contributed by atoms with Gasteiger partial charge in [0.15, 0.2) is 0 Å². The first-order valence-electron chi connectivity index (χ1n) is 7.52. The Hall–Kier alpha value is -1.55. The number of hydrogen-bond acceptors (Lipinski definition) is 7. The van der Waals surface area contributed by atoms with Crippen LogP contribution in [0.25, 0.3) is 0 Å². The number of carbonyl (C=O) groups excluding carboxylic acids is 2. The van der Waals surface area contributed by atoms with Gasteiger partial charge in [-0.3, -0.25) is 19.7 Å². The quantitative estimate of drug-likeness (QED) is 0.252. The molecule has 2 heterocycles. The van der Waals surface area contributed by atoms with Crippen LogP contribution < -0.4 is 5.73 Å². The van der Waals surface area contributed by atoms with Gasteiger partial charge in [-0.15, -0.1) is 35.8 Å². The van der Waals surface area contributed by atoms with Gasteiger partial charge in [0.05, 0.1) is 4.92 Å². The number of nitrogens with two attached hydrogens (primary N) is 1. The minimum absolute atomic E-state index is 0. The van der Waals surface area contributed by atoms with Crippen molar-refractivity contribution in [1.29, 1.82) is 0 Å². The smallest absolute Gasteiger partial charge is 0.316 e. The van der Waals surface area contributed by atoms with Crippen molar-refractivity contribution in [2.24, 2.45) is 11.1 Å². The number of benzene rings is 1. The lowest BCUT2D eigenvalue weighted by atomic mass is 9.89. The van der Waals surface area contributed by atoms with E-state index in [0.29, 0.717) is 11.3 Å². The molecule has 2 fully saturated rings. The Balaban J connectivity index is 0.00000243. The number of ether oxygens (including phenoxy) is 1. The minimum Gasteiger partial charge on any atom is -0.460 e. The first-order valence-corrected chi connectivity index (χ1v) is 9.10. The van der Waals surface area contributed by atoms with E-state index in [4.69, 9.17) is 22.1 Å². The summed E-state index contributed by atoms with van der Waals surface area (Å²) < 4.78 is 5.36. The average Bonchev–Trinajstić information content (AvgIpc) is 2.65. The number of nitrogens with zero attached hydrogens (tertiary/aromatic N) is 2. The molecule has 0 radical (unpaired) electrons. The summed E-state index contributed by atoms with van der Waals surface area (Å²) in [5, 5.41) is 10.5. The number of carbonyl (C=O) groups is 2. The van der Waals surface area contributed by atoms with Crippen LogP contribution in [0.1, 0.15) is 5.56 Å². The highest BCUT2D eigenvalue weighted by molar-refractivity contribution is 8.00. The number of amides is 1. The van der Waals surface area contributed by atoms with Gasteiger partial charge in [-0.2, -0.15) is 0 Å². The molecule has 0 saturated carbocycles. The minimum atomic E-state index is -0.973. The molecule has 2 saturated heterocycles. The van der Waals surface area contributed by atoms with E-state index in [0.717, 1.165) is 0 Å². The van der Waals surface area contributed by atoms with E-state index in [1.165, 1.54) is 36.0 Å². The molecule has 3 rings (SSSR count). The Morgan fingerprint density at radius 3 is 2.69 bits per heavy atom. The average molecular weight is 422 g/mol. The van der Waals surface area contributed by atoms with Crippen LogP contribution in [0.2, 0.25) is 0 Å². The van der Waals surface area contributed by atoms with E-state index in [9.17, 15) is 19.7 Å². The first kappa shape index (κ1) is 20.8. The maximum atomic E-state index is 12.6. The van der Waals surface area contributed by atoms with Crippen molar-refractivity contribution in [3.05, 3.63) is 39.9 Å². The molecule has 2 unspecified atom stereocenters. The number of fused-ring (bicyclic) bond motifs is 1. The van der Waals surface area contributed by atoms with Crippen LogP contribution in [0.5, 0.6) is 0 Å². The Morgan fingerprint density at radius 2 is 2.12 bits per heavy atom. The number of nitro benzene ring substituents is 1. The van der Waals surface area contributed by atoms with E-state index < -0.39 is 22.3 Å². The summed E-state index contributed by atoms with van der Waals surface area (Å²) in [5.41, 5.74) is 5.37. The van der Waals surface area contributed by atoms with Crippen molar-refractivity contribution in [1.82, 2.24) is 4.90 Å². The third-order valence-electron chi connectivity index (χ3n) is 4.39. The monoisotopic (exact) mass is 421 g/mol. The van der Waals surface area contributed by atoms with Crippen LogP contribution in [0.4, 0.5) is 5.69 Å². The molecule has 1 amide bonds. The van der Waals surface area contributed by atoms with E-state index in [1.807, 2.05) is 0 Å². The number of alkyl halides is 1. The van der Waals surface area contributed by atoms with Crippen LogP contribution in [0.15, 0.2) is 24.3 Å². The van der Waals surface area contributed by atoms with E-state index in [1.54, 1.807) is 4.90 Å². The lowest BCUT2D eigenvalue weighted by molar-refractivity contribution is -0.384. The molecule has 2 aliphatic rings. The second kappa shape index (κ2) is 7.99. The van der Waals surface area contributed by atoms with E-state index >= 15 is 0 Å². The topological polar surface area (TPSA) is 116 Å². The summed E-state index contributed by atoms with van der Waals surface area (Å²) >= 11 is 7.46. The largest absolute Gasteiger partial charge is 0.460 e. The Labute approximate surface area is 164 Å². The molecule has 8 nitrogen and oxygen atoms in total. The highest BCUT2D eigenvalue weighted by atomic mass is 35.5. The molecular formula is C15H17Cl2N3O5S. The van der Waals surface area contributed by atoms with Gasteiger partial charge in [-0.1, -0.05) is 0 Å². The third-order valence-corrected chi connectivity index (χ3v) is 6.51. The maximum absolute atomic E-state index is 12.6. The molecule has 0 aliphatic carbocycles. The number of thioether (sulfide) groups is 1. The van der Waals surface area contributed by atoms with Gasteiger partial charge in [-0.25, -0.2) is 0 Å². The third kappa shape index (κ3) is 3.62.